The molecule has 0 fully saturated rings. The molecule has 0 saturated carbocycles. The summed E-state index contributed by atoms with van der Waals surface area (Å²) in [5.74, 6) is -0.513. The summed E-state index contributed by atoms with van der Waals surface area (Å²) in [7, 11) is 0. The molecule has 4 nitrogen and oxygen atoms in total. The van der Waals surface area contributed by atoms with Crippen LogP contribution in [0.3, 0.4) is 0 Å². The van der Waals surface area contributed by atoms with Crippen molar-refractivity contribution in [2.75, 3.05) is 0 Å². The monoisotopic (exact) mass is 314 g/mol. The molecule has 0 atom stereocenters. The van der Waals surface area contributed by atoms with E-state index in [1.165, 1.54) is 6.92 Å². The average molecular weight is 314 g/mol. The highest BCUT2D eigenvalue weighted by molar-refractivity contribution is 14.1. The van der Waals surface area contributed by atoms with E-state index in [2.05, 4.69) is 4.98 Å². The Hall–Kier alpha value is -0.860. The van der Waals surface area contributed by atoms with Crippen LogP contribution in [0, 0.1) is 20.6 Å². The van der Waals surface area contributed by atoms with Crippen molar-refractivity contribution in [2.24, 2.45) is 0 Å². The summed E-state index contributed by atoms with van der Waals surface area (Å²) in [6, 6.07) is 1.15. The van der Waals surface area contributed by atoms with Crippen LogP contribution in [0.15, 0.2) is 6.07 Å². The summed E-state index contributed by atoms with van der Waals surface area (Å²) in [5, 5.41) is 10.4. The number of nitro groups is 1. The van der Waals surface area contributed by atoms with Gasteiger partial charge < -0.3 is 10.1 Å². The lowest BCUT2D eigenvalue weighted by Gasteiger charge is -2.01. The maximum Gasteiger partial charge on any atom is 0.377 e. The number of nitrogens with zero attached hydrogens (tertiary/aromatic N) is 2. The van der Waals surface area contributed by atoms with E-state index in [1.807, 2.05) is 0 Å². The van der Waals surface area contributed by atoms with Crippen LogP contribution in [0.1, 0.15) is 17.7 Å². The van der Waals surface area contributed by atoms with Crippen molar-refractivity contribution < 1.29 is 13.7 Å². The lowest BCUT2D eigenvalue weighted by Crippen LogP contribution is -2.01. The minimum Gasteiger partial charge on any atom is -0.358 e. The lowest BCUT2D eigenvalue weighted by atomic mass is 10.2. The van der Waals surface area contributed by atoms with E-state index >= 15 is 0 Å². The molecule has 1 aromatic heterocycles. The number of aromatic nitrogens is 1. The molecule has 0 amide bonds. The molecule has 1 rings (SSSR count). The zero-order valence-electron chi connectivity index (χ0n) is 7.00. The molecule has 0 saturated heterocycles. The molecule has 76 valence electrons. The van der Waals surface area contributed by atoms with Crippen molar-refractivity contribution in [1.82, 2.24) is 4.98 Å². The molecule has 7 heteroatoms. The average Bonchev–Trinajstić information content (AvgIpc) is 2.08. The van der Waals surface area contributed by atoms with Gasteiger partial charge in [-0.3, -0.25) is 0 Å². The third-order valence-corrected chi connectivity index (χ3v) is 2.87. The molecule has 0 aliphatic rings. The van der Waals surface area contributed by atoms with Crippen LogP contribution in [-0.2, 0) is 0 Å². The normalized spacial score (nSPS) is 10.6. The summed E-state index contributed by atoms with van der Waals surface area (Å²) in [6.07, 6.45) is -2.79. The summed E-state index contributed by atoms with van der Waals surface area (Å²) in [6.45, 7) is 1.53. The molecule has 0 aromatic carbocycles. The quantitative estimate of drug-likeness (QED) is 0.479. The van der Waals surface area contributed by atoms with E-state index in [1.54, 1.807) is 22.6 Å². The van der Waals surface area contributed by atoms with E-state index in [-0.39, 0.29) is 3.57 Å². The highest BCUT2D eigenvalue weighted by Crippen LogP contribution is 2.26. The molecule has 0 radical (unpaired) electrons. The Bertz CT molecular complexity index is 384. The first-order valence-corrected chi connectivity index (χ1v) is 4.61. The maximum absolute atomic E-state index is 12.2. The highest BCUT2D eigenvalue weighted by Gasteiger charge is 2.23. The number of hydrogen-bond donors (Lipinski definition) is 0. The van der Waals surface area contributed by atoms with Gasteiger partial charge in [-0.05, 0) is 51.1 Å². The predicted octanol–water partition coefficient (Wildman–Crippen LogP) is 2.84. The van der Waals surface area contributed by atoms with Gasteiger partial charge in [-0.15, -0.1) is 0 Å². The minimum absolute atomic E-state index is 0.289. The van der Waals surface area contributed by atoms with Gasteiger partial charge in [-0.2, -0.15) is 0 Å². The van der Waals surface area contributed by atoms with Gasteiger partial charge in [-0.1, -0.05) is 0 Å². The molecule has 14 heavy (non-hydrogen) atoms. The fraction of sp³-hybridized carbons (Fsp3) is 0.286. The Labute approximate surface area is 91.6 Å². The number of halogens is 3. The minimum atomic E-state index is -2.79. The number of alkyl halides is 2. The maximum atomic E-state index is 12.2. The molecule has 0 aliphatic carbocycles. The first-order valence-electron chi connectivity index (χ1n) is 3.53. The Morgan fingerprint density at radius 2 is 2.21 bits per heavy atom. The number of rotatable bonds is 2. The Kier molecular flexibility index (Phi) is 3.29. The second kappa shape index (κ2) is 4.11. The van der Waals surface area contributed by atoms with Gasteiger partial charge in [0.15, 0.2) is 0 Å². The van der Waals surface area contributed by atoms with Crippen molar-refractivity contribution in [3.8, 4) is 0 Å². The zero-order chi connectivity index (χ0) is 10.9. The molecule has 0 bridgehead atoms. The summed E-state index contributed by atoms with van der Waals surface area (Å²) < 4.78 is 24.8. The molecule has 0 unspecified atom stereocenters. The third kappa shape index (κ3) is 2.14. The Morgan fingerprint density at radius 3 is 2.64 bits per heavy atom. The number of pyridine rings is 1. The first-order chi connectivity index (χ1) is 6.43. The standard InChI is InChI=1S/C7H5F2IN2O2/c1-3-2-4(6(8)9)11-7(5(3)10)12(13)14/h2,6H,1H3. The largest absolute Gasteiger partial charge is 0.377 e. The van der Waals surface area contributed by atoms with Gasteiger partial charge in [0.2, 0.25) is 5.69 Å². The van der Waals surface area contributed by atoms with Crippen LogP contribution in [0.25, 0.3) is 0 Å². The van der Waals surface area contributed by atoms with Gasteiger partial charge in [0.05, 0.1) is 0 Å². The van der Waals surface area contributed by atoms with E-state index in [0.717, 1.165) is 6.07 Å². The number of hydrogen-bond acceptors (Lipinski definition) is 3. The van der Waals surface area contributed by atoms with E-state index in [4.69, 9.17) is 0 Å². The van der Waals surface area contributed by atoms with Crippen LogP contribution in [0.2, 0.25) is 0 Å². The van der Waals surface area contributed by atoms with Gasteiger partial charge in [0, 0.05) is 0 Å². The topological polar surface area (TPSA) is 56.0 Å². The van der Waals surface area contributed by atoms with Gasteiger partial charge in [0.25, 0.3) is 0 Å². The smallest absolute Gasteiger partial charge is 0.358 e. The second-order valence-corrected chi connectivity index (χ2v) is 3.64. The van der Waals surface area contributed by atoms with Crippen LogP contribution in [0.5, 0.6) is 0 Å². The van der Waals surface area contributed by atoms with Crippen LogP contribution in [-0.4, -0.2) is 9.91 Å². The number of aryl methyl sites for hydroxylation is 1. The molecule has 1 aromatic rings. The van der Waals surface area contributed by atoms with Crippen molar-refractivity contribution in [3.05, 3.63) is 31.0 Å². The zero-order valence-corrected chi connectivity index (χ0v) is 9.16. The van der Waals surface area contributed by atoms with Gasteiger partial charge in [0.1, 0.15) is 3.57 Å². The SMILES string of the molecule is Cc1cc(C(F)F)nc([N+](=O)[O-])c1I. The molecule has 0 N–H and O–H groups in total. The van der Waals surface area contributed by atoms with Crippen molar-refractivity contribution >= 4 is 28.4 Å². The fourth-order valence-corrected chi connectivity index (χ4v) is 1.37. The van der Waals surface area contributed by atoms with Crippen LogP contribution >= 0.6 is 22.6 Å². The third-order valence-electron chi connectivity index (χ3n) is 1.54. The second-order valence-electron chi connectivity index (χ2n) is 2.56. The molecular weight excluding hydrogens is 309 g/mol. The van der Waals surface area contributed by atoms with Gasteiger partial charge in [-0.25, -0.2) is 8.78 Å². The molecule has 1 heterocycles. The lowest BCUT2D eigenvalue weighted by molar-refractivity contribution is -0.390. The first kappa shape index (κ1) is 11.2. The van der Waals surface area contributed by atoms with Gasteiger partial charge >= 0.3 is 12.2 Å². The summed E-state index contributed by atoms with van der Waals surface area (Å²) in [5.41, 5.74) is -0.128. The molecule has 0 spiro atoms. The predicted molar refractivity (Wildman–Crippen MR) is 53.3 cm³/mol. The van der Waals surface area contributed by atoms with Crippen LogP contribution < -0.4 is 0 Å². The van der Waals surface area contributed by atoms with E-state index in [0.29, 0.717) is 5.56 Å². The van der Waals surface area contributed by atoms with Crippen molar-refractivity contribution in [3.63, 3.8) is 0 Å². The summed E-state index contributed by atoms with van der Waals surface area (Å²) in [4.78, 5) is 13.0. The Balaban J connectivity index is 3.35. The Morgan fingerprint density at radius 1 is 1.64 bits per heavy atom. The highest BCUT2D eigenvalue weighted by atomic mass is 127. The van der Waals surface area contributed by atoms with E-state index in [9.17, 15) is 18.9 Å². The van der Waals surface area contributed by atoms with Crippen LogP contribution in [0.4, 0.5) is 14.6 Å². The van der Waals surface area contributed by atoms with E-state index < -0.39 is 22.9 Å². The van der Waals surface area contributed by atoms with Crippen molar-refractivity contribution in [1.29, 1.82) is 0 Å². The summed E-state index contributed by atoms with van der Waals surface area (Å²) >= 11 is 1.71. The molecular formula is C7H5F2IN2O2. The van der Waals surface area contributed by atoms with Crippen molar-refractivity contribution in [2.45, 2.75) is 13.3 Å². The fourth-order valence-electron chi connectivity index (χ4n) is 0.898. The molecule has 0 aliphatic heterocycles.